The van der Waals surface area contributed by atoms with E-state index in [4.69, 9.17) is 9.47 Å². The minimum atomic E-state index is 0.109. The summed E-state index contributed by atoms with van der Waals surface area (Å²) in [4.78, 5) is 0. The maximum Gasteiger partial charge on any atom is 0.231 e. The molecule has 2 aliphatic heterocycles. The highest BCUT2D eigenvalue weighted by atomic mass is 16.7. The zero-order chi connectivity index (χ0) is 12.8. The molecule has 2 aromatic rings. The van der Waals surface area contributed by atoms with E-state index in [0.717, 1.165) is 30.2 Å². The lowest BCUT2D eigenvalue weighted by molar-refractivity contribution is 0.174. The number of hydrogen-bond donors (Lipinski definition) is 1. The van der Waals surface area contributed by atoms with E-state index in [1.54, 1.807) is 10.9 Å². The van der Waals surface area contributed by atoms with Gasteiger partial charge in [-0.3, -0.25) is 4.68 Å². The Bertz CT molecular complexity index is 638. The molecular weight excluding hydrogens is 244 g/mol. The minimum absolute atomic E-state index is 0.109. The summed E-state index contributed by atoms with van der Waals surface area (Å²) >= 11 is 0. The van der Waals surface area contributed by atoms with Crippen LogP contribution in [0.25, 0.3) is 0 Å². The molecule has 0 saturated heterocycles. The van der Waals surface area contributed by atoms with Gasteiger partial charge < -0.3 is 14.8 Å². The molecule has 0 amide bonds. The topological polar surface area (TPSA) is 61.2 Å². The molecule has 0 bridgehead atoms. The molecular formula is C13H14N4O2. The molecule has 0 saturated carbocycles. The fraction of sp³-hybridized carbons (Fsp3) is 0.385. The Morgan fingerprint density at radius 3 is 2.95 bits per heavy atom. The van der Waals surface area contributed by atoms with E-state index in [1.807, 2.05) is 7.05 Å². The van der Waals surface area contributed by atoms with Crippen molar-refractivity contribution in [2.75, 3.05) is 13.3 Å². The average molecular weight is 258 g/mol. The third-order valence-corrected chi connectivity index (χ3v) is 3.73. The smallest absolute Gasteiger partial charge is 0.231 e. The highest BCUT2D eigenvalue weighted by Crippen LogP contribution is 2.39. The Balaban J connectivity index is 1.84. The lowest BCUT2D eigenvalue weighted by atomic mass is 9.92. The van der Waals surface area contributed by atoms with Crippen LogP contribution < -0.4 is 14.8 Å². The Kier molecular flexibility index (Phi) is 2.25. The highest BCUT2D eigenvalue weighted by Gasteiger charge is 2.27. The van der Waals surface area contributed by atoms with Crippen molar-refractivity contribution in [2.45, 2.75) is 12.5 Å². The second-order valence-electron chi connectivity index (χ2n) is 4.82. The van der Waals surface area contributed by atoms with Gasteiger partial charge in [0.1, 0.15) is 0 Å². The normalized spacial score (nSPS) is 20.4. The lowest BCUT2D eigenvalue weighted by Gasteiger charge is -2.26. The van der Waals surface area contributed by atoms with Gasteiger partial charge in [0.2, 0.25) is 6.79 Å². The van der Waals surface area contributed by atoms with E-state index in [-0.39, 0.29) is 6.04 Å². The first kappa shape index (κ1) is 10.8. The molecule has 98 valence electrons. The molecule has 6 nitrogen and oxygen atoms in total. The number of hydrogen-bond acceptors (Lipinski definition) is 5. The van der Waals surface area contributed by atoms with Gasteiger partial charge in [-0.05, 0) is 29.7 Å². The van der Waals surface area contributed by atoms with Gasteiger partial charge in [0, 0.05) is 13.6 Å². The third kappa shape index (κ3) is 1.60. The number of aryl methyl sites for hydroxylation is 1. The van der Waals surface area contributed by atoms with Crippen molar-refractivity contribution in [3.05, 3.63) is 35.2 Å². The molecule has 0 spiro atoms. The minimum Gasteiger partial charge on any atom is -0.454 e. The van der Waals surface area contributed by atoms with Crippen molar-refractivity contribution in [3.63, 3.8) is 0 Å². The van der Waals surface area contributed by atoms with Crippen LogP contribution in [-0.2, 0) is 13.5 Å². The summed E-state index contributed by atoms with van der Waals surface area (Å²) < 4.78 is 12.7. The average Bonchev–Trinajstić information content (AvgIpc) is 3.03. The summed E-state index contributed by atoms with van der Waals surface area (Å²) in [5.41, 5.74) is 3.58. The van der Waals surface area contributed by atoms with Crippen LogP contribution in [0.3, 0.4) is 0 Å². The van der Waals surface area contributed by atoms with Gasteiger partial charge in [-0.2, -0.15) is 0 Å². The summed E-state index contributed by atoms with van der Waals surface area (Å²) in [5, 5.41) is 11.5. The van der Waals surface area contributed by atoms with Crippen molar-refractivity contribution < 1.29 is 9.47 Å². The second-order valence-corrected chi connectivity index (χ2v) is 4.82. The molecule has 4 rings (SSSR count). The van der Waals surface area contributed by atoms with Gasteiger partial charge >= 0.3 is 0 Å². The molecule has 19 heavy (non-hydrogen) atoms. The zero-order valence-electron chi connectivity index (χ0n) is 10.6. The summed E-state index contributed by atoms with van der Waals surface area (Å²) in [7, 11) is 1.91. The molecule has 0 fully saturated rings. The van der Waals surface area contributed by atoms with E-state index in [2.05, 4.69) is 27.8 Å². The third-order valence-electron chi connectivity index (χ3n) is 3.73. The number of fused-ring (bicyclic) bond motifs is 2. The predicted molar refractivity (Wildman–Crippen MR) is 67.1 cm³/mol. The molecule has 1 atom stereocenters. The largest absolute Gasteiger partial charge is 0.454 e. The molecule has 1 aromatic carbocycles. The SMILES string of the molecule is Cn1nncc1C1NCCc2cc3c(cc21)OCO3. The van der Waals surface area contributed by atoms with Crippen LogP contribution in [0.2, 0.25) is 0 Å². The van der Waals surface area contributed by atoms with Crippen molar-refractivity contribution in [3.8, 4) is 11.5 Å². The highest BCUT2D eigenvalue weighted by molar-refractivity contribution is 5.51. The molecule has 3 heterocycles. The summed E-state index contributed by atoms with van der Waals surface area (Å²) in [6.45, 7) is 1.24. The van der Waals surface area contributed by atoms with Crippen molar-refractivity contribution >= 4 is 0 Å². The predicted octanol–water partition coefficient (Wildman–Crippen LogP) is 0.779. The molecule has 0 aliphatic carbocycles. The zero-order valence-corrected chi connectivity index (χ0v) is 10.6. The van der Waals surface area contributed by atoms with Gasteiger partial charge in [-0.25, -0.2) is 0 Å². The van der Waals surface area contributed by atoms with Crippen LogP contribution in [0.1, 0.15) is 22.9 Å². The molecule has 1 unspecified atom stereocenters. The number of nitrogens with zero attached hydrogens (tertiary/aromatic N) is 3. The molecule has 1 aromatic heterocycles. The van der Waals surface area contributed by atoms with E-state index >= 15 is 0 Å². The molecule has 6 heteroatoms. The fourth-order valence-corrected chi connectivity index (χ4v) is 2.77. The standard InChI is InChI=1S/C13H14N4O2/c1-17-10(6-15-16-17)13-9-5-12-11(18-7-19-12)4-8(9)2-3-14-13/h4-6,13-14H,2-3,7H2,1H3. The summed E-state index contributed by atoms with van der Waals surface area (Å²) in [5.74, 6) is 1.67. The van der Waals surface area contributed by atoms with Crippen LogP contribution in [0, 0.1) is 0 Å². The van der Waals surface area contributed by atoms with Gasteiger partial charge in [0.25, 0.3) is 0 Å². The summed E-state index contributed by atoms with van der Waals surface area (Å²) in [6.07, 6.45) is 2.80. The maximum absolute atomic E-state index is 5.47. The number of rotatable bonds is 1. The van der Waals surface area contributed by atoms with Gasteiger partial charge in [0.15, 0.2) is 11.5 Å². The summed E-state index contributed by atoms with van der Waals surface area (Å²) in [6, 6.07) is 4.27. The lowest BCUT2D eigenvalue weighted by Crippen LogP contribution is -2.31. The van der Waals surface area contributed by atoms with Gasteiger partial charge in [-0.1, -0.05) is 5.21 Å². The Morgan fingerprint density at radius 2 is 2.16 bits per heavy atom. The molecule has 2 aliphatic rings. The van der Waals surface area contributed by atoms with Crippen LogP contribution in [-0.4, -0.2) is 28.3 Å². The number of aromatic nitrogens is 3. The van der Waals surface area contributed by atoms with Crippen molar-refractivity contribution in [1.82, 2.24) is 20.3 Å². The molecule has 1 N–H and O–H groups in total. The van der Waals surface area contributed by atoms with Gasteiger partial charge in [0.05, 0.1) is 17.9 Å². The Labute approximate surface area is 110 Å². The van der Waals surface area contributed by atoms with E-state index in [9.17, 15) is 0 Å². The van der Waals surface area contributed by atoms with Crippen LogP contribution in [0.4, 0.5) is 0 Å². The first-order valence-electron chi connectivity index (χ1n) is 6.33. The number of benzene rings is 1. The Morgan fingerprint density at radius 1 is 1.32 bits per heavy atom. The first-order chi connectivity index (χ1) is 9.33. The monoisotopic (exact) mass is 258 g/mol. The van der Waals surface area contributed by atoms with E-state index in [0.29, 0.717) is 6.79 Å². The number of nitrogens with one attached hydrogen (secondary N) is 1. The Hall–Kier alpha value is -2.08. The quantitative estimate of drug-likeness (QED) is 0.819. The van der Waals surface area contributed by atoms with E-state index in [1.165, 1.54) is 11.1 Å². The van der Waals surface area contributed by atoms with Crippen LogP contribution in [0.5, 0.6) is 11.5 Å². The van der Waals surface area contributed by atoms with Gasteiger partial charge in [-0.15, -0.1) is 5.10 Å². The number of ether oxygens (including phenoxy) is 2. The van der Waals surface area contributed by atoms with E-state index < -0.39 is 0 Å². The van der Waals surface area contributed by atoms with Crippen molar-refractivity contribution in [2.24, 2.45) is 7.05 Å². The maximum atomic E-state index is 5.47. The molecule has 0 radical (unpaired) electrons. The second kappa shape index (κ2) is 3.96. The van der Waals surface area contributed by atoms with Crippen molar-refractivity contribution in [1.29, 1.82) is 0 Å². The van der Waals surface area contributed by atoms with Crippen LogP contribution >= 0.6 is 0 Å². The van der Waals surface area contributed by atoms with Crippen LogP contribution in [0.15, 0.2) is 18.3 Å². The first-order valence-corrected chi connectivity index (χ1v) is 6.33. The fourth-order valence-electron chi connectivity index (χ4n) is 2.77.